The summed E-state index contributed by atoms with van der Waals surface area (Å²) in [4.78, 5) is 2.50. The first-order chi connectivity index (χ1) is 10.6. The highest BCUT2D eigenvalue weighted by Gasteiger charge is 2.13. The number of hydrogen-bond acceptors (Lipinski definition) is 3. The molecule has 3 heteroatoms. The van der Waals surface area contributed by atoms with E-state index in [1.807, 2.05) is 24.3 Å². The molecular formula is C19H31NO2. The van der Waals surface area contributed by atoms with Gasteiger partial charge in [0.1, 0.15) is 5.75 Å². The minimum Gasteiger partial charge on any atom is -0.493 e. The fourth-order valence-corrected chi connectivity index (χ4v) is 2.88. The molecule has 3 nitrogen and oxygen atoms in total. The van der Waals surface area contributed by atoms with Crippen LogP contribution >= 0.6 is 0 Å². The first-order valence-corrected chi connectivity index (χ1v) is 8.78. The topological polar surface area (TPSA) is 32.7 Å². The van der Waals surface area contributed by atoms with E-state index in [2.05, 4.69) is 18.7 Å². The van der Waals surface area contributed by atoms with Gasteiger partial charge in [0.15, 0.2) is 0 Å². The molecule has 0 radical (unpaired) electrons. The number of aliphatic hydroxyl groups is 1. The lowest BCUT2D eigenvalue weighted by Crippen LogP contribution is -2.26. The summed E-state index contributed by atoms with van der Waals surface area (Å²) in [7, 11) is 0. The van der Waals surface area contributed by atoms with Gasteiger partial charge < -0.3 is 14.7 Å². The Morgan fingerprint density at radius 1 is 1.05 bits per heavy atom. The van der Waals surface area contributed by atoms with Crippen molar-refractivity contribution in [1.29, 1.82) is 0 Å². The highest BCUT2D eigenvalue weighted by atomic mass is 16.5. The minimum atomic E-state index is -0.373. The van der Waals surface area contributed by atoms with Crippen LogP contribution < -0.4 is 4.74 Å². The highest BCUT2D eigenvalue weighted by molar-refractivity contribution is 5.28. The quantitative estimate of drug-likeness (QED) is 0.826. The summed E-state index contributed by atoms with van der Waals surface area (Å²) in [6.45, 7) is 8.38. The van der Waals surface area contributed by atoms with Crippen LogP contribution in [0.25, 0.3) is 0 Å². The lowest BCUT2D eigenvalue weighted by Gasteiger charge is -2.21. The Morgan fingerprint density at radius 2 is 1.68 bits per heavy atom. The normalized spacial score (nSPS) is 18.2. The SMILES string of the molecule is CC(C)COc1ccc(C(O)CCN2CCCCCC2)cc1. The molecule has 1 atom stereocenters. The van der Waals surface area contributed by atoms with Gasteiger partial charge in [-0.1, -0.05) is 38.8 Å². The molecule has 1 aliphatic heterocycles. The lowest BCUT2D eigenvalue weighted by atomic mass is 10.1. The zero-order valence-corrected chi connectivity index (χ0v) is 14.1. The van der Waals surface area contributed by atoms with Gasteiger partial charge in [-0.25, -0.2) is 0 Å². The predicted molar refractivity (Wildman–Crippen MR) is 91.3 cm³/mol. The number of ether oxygens (including phenoxy) is 1. The van der Waals surface area contributed by atoms with E-state index in [4.69, 9.17) is 4.74 Å². The number of benzene rings is 1. The molecule has 1 aliphatic rings. The molecule has 0 aromatic heterocycles. The predicted octanol–water partition coefficient (Wildman–Crippen LogP) is 4.02. The van der Waals surface area contributed by atoms with Crippen molar-refractivity contribution in [2.45, 2.75) is 52.1 Å². The summed E-state index contributed by atoms with van der Waals surface area (Å²) in [6, 6.07) is 7.91. The first kappa shape index (κ1) is 17.3. The van der Waals surface area contributed by atoms with Gasteiger partial charge >= 0.3 is 0 Å². The smallest absolute Gasteiger partial charge is 0.119 e. The van der Waals surface area contributed by atoms with Gasteiger partial charge in [-0.15, -0.1) is 0 Å². The molecule has 124 valence electrons. The zero-order chi connectivity index (χ0) is 15.8. The highest BCUT2D eigenvalue weighted by Crippen LogP contribution is 2.21. The van der Waals surface area contributed by atoms with Crippen LogP contribution in [-0.4, -0.2) is 36.2 Å². The van der Waals surface area contributed by atoms with Crippen LogP contribution in [0, 0.1) is 5.92 Å². The van der Waals surface area contributed by atoms with Crippen molar-refractivity contribution in [3.05, 3.63) is 29.8 Å². The third-order valence-electron chi connectivity index (χ3n) is 4.27. The van der Waals surface area contributed by atoms with Crippen molar-refractivity contribution in [3.63, 3.8) is 0 Å². The van der Waals surface area contributed by atoms with E-state index in [1.54, 1.807) is 0 Å². The fraction of sp³-hybridized carbons (Fsp3) is 0.684. The molecule has 0 spiro atoms. The molecule has 1 heterocycles. The number of hydrogen-bond donors (Lipinski definition) is 1. The van der Waals surface area contributed by atoms with Gasteiger partial charge in [0.25, 0.3) is 0 Å². The summed E-state index contributed by atoms with van der Waals surface area (Å²) < 4.78 is 5.68. The van der Waals surface area contributed by atoms with Crippen molar-refractivity contribution >= 4 is 0 Å². The molecule has 0 amide bonds. The Morgan fingerprint density at radius 3 is 2.27 bits per heavy atom. The first-order valence-electron chi connectivity index (χ1n) is 8.78. The number of rotatable bonds is 7. The van der Waals surface area contributed by atoms with E-state index in [1.165, 1.54) is 38.8 Å². The zero-order valence-electron chi connectivity index (χ0n) is 14.1. The molecule has 1 N–H and O–H groups in total. The van der Waals surface area contributed by atoms with E-state index < -0.39 is 0 Å². The summed E-state index contributed by atoms with van der Waals surface area (Å²) >= 11 is 0. The summed E-state index contributed by atoms with van der Waals surface area (Å²) in [5.74, 6) is 1.41. The van der Waals surface area contributed by atoms with Crippen molar-refractivity contribution < 1.29 is 9.84 Å². The third kappa shape index (κ3) is 5.98. The standard InChI is InChI=1S/C19H31NO2/c1-16(2)15-22-18-9-7-17(8-10-18)19(21)11-14-20-12-5-3-4-6-13-20/h7-10,16,19,21H,3-6,11-15H2,1-2H3. The third-order valence-corrected chi connectivity index (χ3v) is 4.27. The molecule has 1 saturated heterocycles. The Labute approximate surface area is 135 Å². The van der Waals surface area contributed by atoms with Gasteiger partial charge in [-0.3, -0.25) is 0 Å². The molecule has 2 rings (SSSR count). The van der Waals surface area contributed by atoms with E-state index in [-0.39, 0.29) is 6.10 Å². The summed E-state index contributed by atoms with van der Waals surface area (Å²) in [5, 5.41) is 10.4. The van der Waals surface area contributed by atoms with Crippen molar-refractivity contribution in [3.8, 4) is 5.75 Å². The van der Waals surface area contributed by atoms with Crippen LogP contribution in [0.1, 0.15) is 57.6 Å². The average Bonchev–Trinajstić information content (AvgIpc) is 2.80. The van der Waals surface area contributed by atoms with Gasteiger partial charge in [0, 0.05) is 6.54 Å². The molecule has 1 unspecified atom stereocenters. The van der Waals surface area contributed by atoms with Gasteiger partial charge in [-0.2, -0.15) is 0 Å². The van der Waals surface area contributed by atoms with Crippen molar-refractivity contribution in [2.75, 3.05) is 26.2 Å². The Hall–Kier alpha value is -1.06. The van der Waals surface area contributed by atoms with Crippen LogP contribution in [0.4, 0.5) is 0 Å². The second-order valence-corrected chi connectivity index (χ2v) is 6.83. The molecule has 0 aliphatic carbocycles. The van der Waals surface area contributed by atoms with Crippen LogP contribution in [0.3, 0.4) is 0 Å². The van der Waals surface area contributed by atoms with Crippen LogP contribution in [-0.2, 0) is 0 Å². The molecular weight excluding hydrogens is 274 g/mol. The second kappa shape index (κ2) is 9.16. The van der Waals surface area contributed by atoms with E-state index in [9.17, 15) is 5.11 Å². The van der Waals surface area contributed by atoms with Crippen LogP contribution in [0.15, 0.2) is 24.3 Å². The largest absolute Gasteiger partial charge is 0.493 e. The number of likely N-dealkylation sites (tertiary alicyclic amines) is 1. The molecule has 22 heavy (non-hydrogen) atoms. The monoisotopic (exact) mass is 305 g/mol. The lowest BCUT2D eigenvalue weighted by molar-refractivity contribution is 0.143. The van der Waals surface area contributed by atoms with Gasteiger partial charge in [0.05, 0.1) is 12.7 Å². The maximum Gasteiger partial charge on any atom is 0.119 e. The maximum absolute atomic E-state index is 10.4. The Kier molecular flexibility index (Phi) is 7.20. The summed E-state index contributed by atoms with van der Waals surface area (Å²) in [6.07, 6.45) is 5.76. The number of aliphatic hydroxyl groups excluding tert-OH is 1. The molecule has 1 aromatic rings. The fourth-order valence-electron chi connectivity index (χ4n) is 2.88. The summed E-state index contributed by atoms with van der Waals surface area (Å²) in [5.41, 5.74) is 0.992. The average molecular weight is 305 g/mol. The maximum atomic E-state index is 10.4. The molecule has 1 aromatic carbocycles. The number of nitrogens with zero attached hydrogens (tertiary/aromatic N) is 1. The van der Waals surface area contributed by atoms with Crippen LogP contribution in [0.2, 0.25) is 0 Å². The molecule has 0 saturated carbocycles. The Bertz CT molecular complexity index is 408. The van der Waals surface area contributed by atoms with E-state index in [0.29, 0.717) is 5.92 Å². The Balaban J connectivity index is 1.77. The molecule has 0 bridgehead atoms. The van der Waals surface area contributed by atoms with Crippen molar-refractivity contribution in [1.82, 2.24) is 4.90 Å². The van der Waals surface area contributed by atoms with Crippen LogP contribution in [0.5, 0.6) is 5.75 Å². The van der Waals surface area contributed by atoms with E-state index in [0.717, 1.165) is 30.9 Å². The minimum absolute atomic E-state index is 0.373. The van der Waals surface area contributed by atoms with Gasteiger partial charge in [0.2, 0.25) is 0 Å². The van der Waals surface area contributed by atoms with Gasteiger partial charge in [-0.05, 0) is 56.0 Å². The second-order valence-electron chi connectivity index (χ2n) is 6.83. The van der Waals surface area contributed by atoms with Crippen molar-refractivity contribution in [2.24, 2.45) is 5.92 Å². The van der Waals surface area contributed by atoms with E-state index >= 15 is 0 Å². The molecule has 1 fully saturated rings.